The van der Waals surface area contributed by atoms with E-state index in [1.807, 2.05) is 6.92 Å². The number of para-hydroxylation sites is 1. The van der Waals surface area contributed by atoms with Crippen LogP contribution in [-0.4, -0.2) is 25.9 Å². The van der Waals surface area contributed by atoms with Crippen LogP contribution in [-0.2, 0) is 4.74 Å². The highest BCUT2D eigenvalue weighted by molar-refractivity contribution is 5.23. The van der Waals surface area contributed by atoms with E-state index in [-0.39, 0.29) is 17.6 Å². The summed E-state index contributed by atoms with van der Waals surface area (Å²) in [5.74, 6) is -0.0424. The van der Waals surface area contributed by atoms with Crippen molar-refractivity contribution in [3.05, 3.63) is 30.1 Å². The molecule has 2 N–H and O–H groups in total. The summed E-state index contributed by atoms with van der Waals surface area (Å²) in [5, 5.41) is 0. The lowest BCUT2D eigenvalue weighted by atomic mass is 10.3. The molecule has 1 aromatic carbocycles. The van der Waals surface area contributed by atoms with Crippen LogP contribution in [0.1, 0.15) is 19.8 Å². The van der Waals surface area contributed by atoms with Crippen molar-refractivity contribution in [3.8, 4) is 5.75 Å². The Morgan fingerprint density at radius 3 is 2.76 bits per heavy atom. The molecule has 0 spiro atoms. The molecule has 0 aliphatic carbocycles. The lowest BCUT2D eigenvalue weighted by molar-refractivity contribution is 0.106. The van der Waals surface area contributed by atoms with E-state index in [9.17, 15) is 4.39 Å². The molecule has 0 aliphatic rings. The monoisotopic (exact) mass is 241 g/mol. The van der Waals surface area contributed by atoms with E-state index >= 15 is 0 Å². The van der Waals surface area contributed by atoms with Crippen molar-refractivity contribution in [2.45, 2.75) is 25.8 Å². The van der Waals surface area contributed by atoms with Crippen LogP contribution in [0.3, 0.4) is 0 Å². The van der Waals surface area contributed by atoms with Gasteiger partial charge in [-0.2, -0.15) is 0 Å². The number of rotatable bonds is 8. The Hall–Kier alpha value is -1.13. The van der Waals surface area contributed by atoms with E-state index in [1.165, 1.54) is 6.07 Å². The molecule has 0 bridgehead atoms. The van der Waals surface area contributed by atoms with E-state index in [0.29, 0.717) is 19.8 Å². The molecule has 1 rings (SSSR count). The van der Waals surface area contributed by atoms with E-state index in [4.69, 9.17) is 15.2 Å². The summed E-state index contributed by atoms with van der Waals surface area (Å²) in [6, 6.07) is 6.48. The van der Waals surface area contributed by atoms with Gasteiger partial charge in [0.25, 0.3) is 0 Å². The van der Waals surface area contributed by atoms with Gasteiger partial charge >= 0.3 is 0 Å². The molecule has 0 aromatic heterocycles. The molecule has 0 amide bonds. The van der Waals surface area contributed by atoms with Gasteiger partial charge < -0.3 is 15.2 Å². The highest BCUT2D eigenvalue weighted by Crippen LogP contribution is 2.15. The zero-order valence-electron chi connectivity index (χ0n) is 10.2. The second-order valence-electron chi connectivity index (χ2n) is 3.88. The molecule has 0 saturated heterocycles. The molecule has 1 unspecified atom stereocenters. The zero-order chi connectivity index (χ0) is 12.5. The number of hydrogen-bond donors (Lipinski definition) is 1. The van der Waals surface area contributed by atoms with Crippen LogP contribution in [0.4, 0.5) is 4.39 Å². The highest BCUT2D eigenvalue weighted by atomic mass is 19.1. The second kappa shape index (κ2) is 8.03. The van der Waals surface area contributed by atoms with Crippen LogP contribution in [0.5, 0.6) is 5.75 Å². The third kappa shape index (κ3) is 5.65. The Morgan fingerprint density at radius 2 is 2.06 bits per heavy atom. The average Bonchev–Trinajstić information content (AvgIpc) is 2.35. The van der Waals surface area contributed by atoms with Crippen molar-refractivity contribution in [2.24, 2.45) is 5.73 Å². The highest BCUT2D eigenvalue weighted by Gasteiger charge is 2.01. The Kier molecular flexibility index (Phi) is 6.58. The normalized spacial score (nSPS) is 12.4. The van der Waals surface area contributed by atoms with Crippen molar-refractivity contribution in [1.29, 1.82) is 0 Å². The molecular formula is C13H20FNO2. The maximum absolute atomic E-state index is 13.1. The first kappa shape index (κ1) is 13.9. The molecule has 0 fully saturated rings. The first-order valence-corrected chi connectivity index (χ1v) is 5.94. The van der Waals surface area contributed by atoms with Crippen LogP contribution < -0.4 is 10.5 Å². The van der Waals surface area contributed by atoms with Crippen LogP contribution in [0.25, 0.3) is 0 Å². The lowest BCUT2D eigenvalue weighted by Crippen LogP contribution is -2.25. The maximum atomic E-state index is 13.1. The predicted octanol–water partition coefficient (Wildman–Crippen LogP) is 2.35. The fraction of sp³-hybridized carbons (Fsp3) is 0.538. The minimum absolute atomic E-state index is 0.0995. The minimum Gasteiger partial charge on any atom is -0.490 e. The lowest BCUT2D eigenvalue weighted by Gasteiger charge is -2.10. The first-order valence-electron chi connectivity index (χ1n) is 5.94. The molecule has 0 heterocycles. The fourth-order valence-electron chi connectivity index (χ4n) is 1.26. The van der Waals surface area contributed by atoms with E-state index in [1.54, 1.807) is 18.2 Å². The van der Waals surface area contributed by atoms with Gasteiger partial charge in [0.2, 0.25) is 0 Å². The van der Waals surface area contributed by atoms with Gasteiger partial charge in [0.15, 0.2) is 11.6 Å². The number of benzene rings is 1. The van der Waals surface area contributed by atoms with Crippen LogP contribution in [0.15, 0.2) is 24.3 Å². The molecule has 3 nitrogen and oxygen atoms in total. The van der Waals surface area contributed by atoms with Crippen molar-refractivity contribution in [2.75, 3.05) is 19.8 Å². The molecule has 0 radical (unpaired) electrons. The van der Waals surface area contributed by atoms with Crippen molar-refractivity contribution in [3.63, 3.8) is 0 Å². The first-order chi connectivity index (χ1) is 8.24. The number of ether oxygens (including phenoxy) is 2. The van der Waals surface area contributed by atoms with Gasteiger partial charge in [-0.3, -0.25) is 0 Å². The smallest absolute Gasteiger partial charge is 0.165 e. The summed E-state index contributed by atoms with van der Waals surface area (Å²) in [6.07, 6.45) is 1.64. The Morgan fingerprint density at radius 1 is 1.29 bits per heavy atom. The van der Waals surface area contributed by atoms with Gasteiger partial charge in [0.05, 0.1) is 13.2 Å². The van der Waals surface area contributed by atoms with E-state index in [2.05, 4.69) is 0 Å². The zero-order valence-corrected chi connectivity index (χ0v) is 10.2. The van der Waals surface area contributed by atoms with E-state index in [0.717, 1.165) is 12.8 Å². The van der Waals surface area contributed by atoms with Crippen LogP contribution in [0, 0.1) is 5.82 Å². The van der Waals surface area contributed by atoms with Gasteiger partial charge in [0.1, 0.15) is 0 Å². The molecule has 0 aliphatic heterocycles. The van der Waals surface area contributed by atoms with Gasteiger partial charge in [-0.15, -0.1) is 0 Å². The predicted molar refractivity (Wildman–Crippen MR) is 65.6 cm³/mol. The molecule has 0 saturated carbocycles. The third-order valence-corrected chi connectivity index (χ3v) is 2.38. The summed E-state index contributed by atoms with van der Waals surface area (Å²) in [4.78, 5) is 0. The molecular weight excluding hydrogens is 221 g/mol. The Bertz CT molecular complexity index is 320. The summed E-state index contributed by atoms with van der Waals surface area (Å²) in [6.45, 7) is 3.62. The number of nitrogens with two attached hydrogens (primary N) is 1. The number of hydrogen-bond acceptors (Lipinski definition) is 3. The topological polar surface area (TPSA) is 44.5 Å². The van der Waals surface area contributed by atoms with Gasteiger partial charge in [-0.25, -0.2) is 4.39 Å². The van der Waals surface area contributed by atoms with Gasteiger partial charge in [-0.1, -0.05) is 19.1 Å². The molecule has 17 heavy (non-hydrogen) atoms. The SMILES string of the molecule is CCC(N)COCCCOc1ccccc1F. The summed E-state index contributed by atoms with van der Waals surface area (Å²) >= 11 is 0. The molecule has 4 heteroatoms. The summed E-state index contributed by atoms with van der Waals surface area (Å²) in [7, 11) is 0. The largest absolute Gasteiger partial charge is 0.490 e. The second-order valence-corrected chi connectivity index (χ2v) is 3.88. The third-order valence-electron chi connectivity index (χ3n) is 2.38. The van der Waals surface area contributed by atoms with Crippen molar-refractivity contribution < 1.29 is 13.9 Å². The van der Waals surface area contributed by atoms with Crippen LogP contribution >= 0.6 is 0 Å². The maximum Gasteiger partial charge on any atom is 0.165 e. The fourth-order valence-corrected chi connectivity index (χ4v) is 1.26. The number of halogens is 1. The Balaban J connectivity index is 2.07. The quantitative estimate of drug-likeness (QED) is 0.710. The summed E-state index contributed by atoms with van der Waals surface area (Å²) < 4.78 is 23.8. The van der Waals surface area contributed by atoms with E-state index < -0.39 is 0 Å². The minimum atomic E-state index is -0.332. The van der Waals surface area contributed by atoms with Crippen molar-refractivity contribution in [1.82, 2.24) is 0 Å². The Labute approximate surface area is 102 Å². The standard InChI is InChI=1S/C13H20FNO2/c1-2-11(15)10-16-8-5-9-17-13-7-4-3-6-12(13)14/h3-4,6-7,11H,2,5,8-10,15H2,1H3. The summed E-state index contributed by atoms with van der Waals surface area (Å²) in [5.41, 5.74) is 5.69. The van der Waals surface area contributed by atoms with Crippen molar-refractivity contribution >= 4 is 0 Å². The van der Waals surface area contributed by atoms with Crippen LogP contribution in [0.2, 0.25) is 0 Å². The average molecular weight is 241 g/mol. The van der Waals surface area contributed by atoms with Gasteiger partial charge in [0, 0.05) is 19.1 Å². The molecule has 96 valence electrons. The molecule has 1 atom stereocenters. The molecule has 1 aromatic rings. The van der Waals surface area contributed by atoms with Gasteiger partial charge in [-0.05, 0) is 18.6 Å².